The summed E-state index contributed by atoms with van der Waals surface area (Å²) < 4.78 is 0. The van der Waals surface area contributed by atoms with Gasteiger partial charge in [0, 0.05) is 12.6 Å². The molecule has 0 aliphatic carbocycles. The Morgan fingerprint density at radius 3 is 2.43 bits per heavy atom. The summed E-state index contributed by atoms with van der Waals surface area (Å²) in [5, 5.41) is 0. The quantitative estimate of drug-likeness (QED) is 0.672. The van der Waals surface area contributed by atoms with Gasteiger partial charge in [0.1, 0.15) is 5.82 Å². The van der Waals surface area contributed by atoms with Gasteiger partial charge < -0.3 is 0 Å². The fraction of sp³-hybridized carbons (Fsp3) is 0.500. The molecule has 0 amide bonds. The van der Waals surface area contributed by atoms with Gasteiger partial charge in [-0.25, -0.2) is 9.97 Å². The molecule has 0 aliphatic rings. The number of aryl methyl sites for hydroxylation is 2. The van der Waals surface area contributed by atoms with Gasteiger partial charge >= 0.3 is 0 Å². The lowest BCUT2D eigenvalue weighted by molar-refractivity contribution is 0.956. The summed E-state index contributed by atoms with van der Waals surface area (Å²) in [7, 11) is 0. The normalized spacial score (nSPS) is 8.86. The maximum absolute atomic E-state index is 4.28. The maximum Gasteiger partial charge on any atom is 0.125 e. The molecule has 0 saturated heterocycles. The first-order valence-corrected chi connectivity index (χ1v) is 5.05. The van der Waals surface area contributed by atoms with E-state index < -0.39 is 0 Å². The van der Waals surface area contributed by atoms with Crippen molar-refractivity contribution < 1.29 is 0 Å². The molecule has 0 radical (unpaired) electrons. The van der Waals surface area contributed by atoms with Gasteiger partial charge in [-0.2, -0.15) is 0 Å². The minimum absolute atomic E-state index is 0.826. The van der Waals surface area contributed by atoms with Gasteiger partial charge in [-0.3, -0.25) is 0 Å². The molecule has 0 spiro atoms. The third-order valence-electron chi connectivity index (χ3n) is 1.53. The van der Waals surface area contributed by atoms with Crippen LogP contribution in [-0.2, 0) is 6.42 Å². The monoisotopic (exact) mass is 192 g/mol. The standard InChI is InChI=1S/C9H12N2.C3H8/c1-4-5-9-7(2)6-10-8(3)11-9;1-3-2/h4,6H,1,5H2,2-3H3;3H2,1-2H3. The van der Waals surface area contributed by atoms with Crippen molar-refractivity contribution in [3.05, 3.63) is 35.9 Å². The predicted octanol–water partition coefficient (Wildman–Crippen LogP) is 3.24. The van der Waals surface area contributed by atoms with E-state index in [0.29, 0.717) is 0 Å². The zero-order valence-electron chi connectivity index (χ0n) is 9.67. The molecule has 1 heterocycles. The van der Waals surface area contributed by atoms with E-state index in [4.69, 9.17) is 0 Å². The number of aromatic nitrogens is 2. The van der Waals surface area contributed by atoms with Gasteiger partial charge in [-0.15, -0.1) is 6.58 Å². The number of allylic oxidation sites excluding steroid dienone is 1. The lowest BCUT2D eigenvalue weighted by atomic mass is 10.2. The summed E-state index contributed by atoms with van der Waals surface area (Å²) in [5.74, 6) is 0.826. The summed E-state index contributed by atoms with van der Waals surface area (Å²) in [6.07, 6.45) is 5.78. The average molecular weight is 192 g/mol. The maximum atomic E-state index is 4.28. The van der Waals surface area contributed by atoms with Gasteiger partial charge in [0.2, 0.25) is 0 Å². The molecule has 78 valence electrons. The second-order valence-electron chi connectivity index (χ2n) is 3.25. The van der Waals surface area contributed by atoms with Crippen molar-refractivity contribution in [3.8, 4) is 0 Å². The summed E-state index contributed by atoms with van der Waals surface area (Å²) >= 11 is 0. The molecule has 1 aromatic heterocycles. The third kappa shape index (κ3) is 4.75. The van der Waals surface area contributed by atoms with Crippen molar-refractivity contribution in [3.63, 3.8) is 0 Å². The molecule has 0 unspecified atom stereocenters. The second kappa shape index (κ2) is 7.25. The largest absolute Gasteiger partial charge is 0.241 e. The van der Waals surface area contributed by atoms with E-state index >= 15 is 0 Å². The summed E-state index contributed by atoms with van der Waals surface area (Å²) in [5.41, 5.74) is 2.21. The molecule has 1 aromatic rings. The predicted molar refractivity (Wildman–Crippen MR) is 61.4 cm³/mol. The van der Waals surface area contributed by atoms with Gasteiger partial charge in [0.15, 0.2) is 0 Å². The average Bonchev–Trinajstić information content (AvgIpc) is 2.13. The van der Waals surface area contributed by atoms with E-state index in [1.54, 1.807) is 0 Å². The Kier molecular flexibility index (Phi) is 6.63. The number of hydrogen-bond donors (Lipinski definition) is 0. The SMILES string of the molecule is C=CCc1nc(C)ncc1C.CCC. The van der Waals surface area contributed by atoms with Gasteiger partial charge in [-0.1, -0.05) is 26.3 Å². The van der Waals surface area contributed by atoms with Crippen LogP contribution in [0.4, 0.5) is 0 Å². The summed E-state index contributed by atoms with van der Waals surface area (Å²) in [6.45, 7) is 11.8. The fourth-order valence-electron chi connectivity index (χ4n) is 0.920. The van der Waals surface area contributed by atoms with Crippen molar-refractivity contribution in [2.75, 3.05) is 0 Å². The Balaban J connectivity index is 0.000000500. The minimum Gasteiger partial charge on any atom is -0.241 e. The number of hydrogen-bond acceptors (Lipinski definition) is 2. The van der Waals surface area contributed by atoms with Crippen molar-refractivity contribution >= 4 is 0 Å². The number of rotatable bonds is 2. The Labute approximate surface area is 87.1 Å². The zero-order chi connectivity index (χ0) is 11.0. The summed E-state index contributed by atoms with van der Waals surface area (Å²) in [4.78, 5) is 8.36. The van der Waals surface area contributed by atoms with E-state index in [1.165, 1.54) is 6.42 Å². The van der Waals surface area contributed by atoms with E-state index in [2.05, 4.69) is 30.4 Å². The molecule has 0 saturated carbocycles. The first-order chi connectivity index (χ1) is 6.65. The highest BCUT2D eigenvalue weighted by atomic mass is 14.9. The van der Waals surface area contributed by atoms with Crippen LogP contribution in [-0.4, -0.2) is 9.97 Å². The van der Waals surface area contributed by atoms with E-state index in [-0.39, 0.29) is 0 Å². The highest BCUT2D eigenvalue weighted by molar-refractivity contribution is 5.17. The van der Waals surface area contributed by atoms with Crippen molar-refractivity contribution in [2.45, 2.75) is 40.5 Å². The van der Waals surface area contributed by atoms with Crippen LogP contribution in [0.5, 0.6) is 0 Å². The van der Waals surface area contributed by atoms with Crippen molar-refractivity contribution in [1.29, 1.82) is 0 Å². The van der Waals surface area contributed by atoms with E-state index in [0.717, 1.165) is 23.5 Å². The van der Waals surface area contributed by atoms with Crippen LogP contribution < -0.4 is 0 Å². The Morgan fingerprint density at radius 2 is 1.93 bits per heavy atom. The summed E-state index contributed by atoms with van der Waals surface area (Å²) in [6, 6.07) is 0. The van der Waals surface area contributed by atoms with Crippen LogP contribution in [0, 0.1) is 13.8 Å². The third-order valence-corrected chi connectivity index (χ3v) is 1.53. The minimum atomic E-state index is 0.826. The highest BCUT2D eigenvalue weighted by Gasteiger charge is 1.97. The molecule has 1 rings (SSSR count). The van der Waals surface area contributed by atoms with Crippen LogP contribution in [0.3, 0.4) is 0 Å². The van der Waals surface area contributed by atoms with E-state index in [1.807, 2.05) is 26.1 Å². The van der Waals surface area contributed by atoms with Crippen LogP contribution in [0.2, 0.25) is 0 Å². The number of nitrogens with zero attached hydrogens (tertiary/aromatic N) is 2. The second-order valence-corrected chi connectivity index (χ2v) is 3.25. The Hall–Kier alpha value is -1.18. The lowest BCUT2D eigenvalue weighted by Crippen LogP contribution is -1.96. The van der Waals surface area contributed by atoms with Gasteiger partial charge in [0.25, 0.3) is 0 Å². The van der Waals surface area contributed by atoms with Crippen LogP contribution in [0.15, 0.2) is 18.9 Å². The molecule has 2 heteroatoms. The van der Waals surface area contributed by atoms with Crippen LogP contribution >= 0.6 is 0 Å². The van der Waals surface area contributed by atoms with Crippen LogP contribution in [0.25, 0.3) is 0 Å². The lowest BCUT2D eigenvalue weighted by Gasteiger charge is -2.00. The fourth-order valence-corrected chi connectivity index (χ4v) is 0.920. The van der Waals surface area contributed by atoms with Crippen molar-refractivity contribution in [2.24, 2.45) is 0 Å². The Bertz CT molecular complexity index is 280. The van der Waals surface area contributed by atoms with Crippen LogP contribution in [0.1, 0.15) is 37.4 Å². The molecular weight excluding hydrogens is 172 g/mol. The van der Waals surface area contributed by atoms with Crippen molar-refractivity contribution in [1.82, 2.24) is 9.97 Å². The zero-order valence-corrected chi connectivity index (χ0v) is 9.67. The molecule has 0 N–H and O–H groups in total. The molecule has 2 nitrogen and oxygen atoms in total. The molecule has 0 aromatic carbocycles. The molecule has 0 bridgehead atoms. The molecule has 0 fully saturated rings. The highest BCUT2D eigenvalue weighted by Crippen LogP contribution is 2.03. The Morgan fingerprint density at radius 1 is 1.36 bits per heavy atom. The first kappa shape index (κ1) is 12.8. The first-order valence-electron chi connectivity index (χ1n) is 5.05. The topological polar surface area (TPSA) is 25.8 Å². The van der Waals surface area contributed by atoms with E-state index in [9.17, 15) is 0 Å². The molecule has 14 heavy (non-hydrogen) atoms. The van der Waals surface area contributed by atoms with Gasteiger partial charge in [-0.05, 0) is 19.4 Å². The molecular formula is C12H20N2. The molecule has 0 atom stereocenters. The smallest absolute Gasteiger partial charge is 0.125 e. The molecule has 0 aliphatic heterocycles. The van der Waals surface area contributed by atoms with Gasteiger partial charge in [0.05, 0.1) is 5.69 Å².